The van der Waals surface area contributed by atoms with Crippen LogP contribution in [0.15, 0.2) is 79.3 Å². The third kappa shape index (κ3) is 3.48. The molecule has 0 aliphatic rings. The van der Waals surface area contributed by atoms with Gasteiger partial charge in [-0.1, -0.05) is 42.5 Å². The fourth-order valence-corrected chi connectivity index (χ4v) is 3.17. The van der Waals surface area contributed by atoms with Crippen LogP contribution < -0.4 is 0 Å². The predicted octanol–water partition coefficient (Wildman–Crippen LogP) is 4.24. The lowest BCUT2D eigenvalue weighted by atomic mass is 10.0. The molecule has 0 aliphatic heterocycles. The highest BCUT2D eigenvalue weighted by atomic mass is 16.4. The van der Waals surface area contributed by atoms with Crippen LogP contribution in [0, 0.1) is 0 Å². The van der Waals surface area contributed by atoms with Crippen molar-refractivity contribution in [2.24, 2.45) is 0 Å². The highest BCUT2D eigenvalue weighted by Crippen LogP contribution is 2.24. The molecular formula is C22H17N3O2. The molecule has 0 aliphatic carbocycles. The Balaban J connectivity index is 1.84. The van der Waals surface area contributed by atoms with Crippen LogP contribution in [0.5, 0.6) is 0 Å². The summed E-state index contributed by atoms with van der Waals surface area (Å²) < 4.78 is 2.01. The van der Waals surface area contributed by atoms with Crippen LogP contribution in [0.3, 0.4) is 0 Å². The fourth-order valence-electron chi connectivity index (χ4n) is 3.17. The number of carboxylic acid groups (broad SMARTS) is 1. The average molecular weight is 355 g/mol. The molecule has 0 unspecified atom stereocenters. The van der Waals surface area contributed by atoms with Gasteiger partial charge in [-0.2, -0.15) is 0 Å². The van der Waals surface area contributed by atoms with Gasteiger partial charge in [-0.15, -0.1) is 0 Å². The van der Waals surface area contributed by atoms with E-state index in [-0.39, 0.29) is 0 Å². The highest BCUT2D eigenvalue weighted by molar-refractivity contribution is 5.86. The minimum absolute atomic E-state index is 0.574. The van der Waals surface area contributed by atoms with Crippen molar-refractivity contribution in [3.63, 3.8) is 0 Å². The number of carbonyl (C=O) groups is 1. The largest absolute Gasteiger partial charge is 0.478 e. The topological polar surface area (TPSA) is 68.0 Å². The molecule has 2 aromatic heterocycles. The first kappa shape index (κ1) is 16.7. The Bertz CT molecular complexity index is 1130. The van der Waals surface area contributed by atoms with Crippen LogP contribution in [-0.4, -0.2) is 25.6 Å². The molecule has 2 aromatic carbocycles. The van der Waals surface area contributed by atoms with Crippen molar-refractivity contribution in [1.29, 1.82) is 0 Å². The maximum Gasteiger partial charge on any atom is 0.328 e. The summed E-state index contributed by atoms with van der Waals surface area (Å²) in [4.78, 5) is 19.7. The van der Waals surface area contributed by atoms with Gasteiger partial charge < -0.3 is 9.67 Å². The zero-order valence-electron chi connectivity index (χ0n) is 14.5. The number of rotatable bonds is 5. The van der Waals surface area contributed by atoms with Crippen LogP contribution in [-0.2, 0) is 11.3 Å². The van der Waals surface area contributed by atoms with Crippen LogP contribution in [0.1, 0.15) is 11.3 Å². The maximum absolute atomic E-state index is 11.0. The molecular weight excluding hydrogens is 338 g/mol. The van der Waals surface area contributed by atoms with Crippen molar-refractivity contribution in [2.75, 3.05) is 0 Å². The van der Waals surface area contributed by atoms with E-state index in [4.69, 9.17) is 5.11 Å². The number of carboxylic acids is 1. The summed E-state index contributed by atoms with van der Waals surface area (Å²) in [5.74, 6) is -0.239. The Kier molecular flexibility index (Phi) is 4.49. The first-order valence-electron chi connectivity index (χ1n) is 8.56. The number of benzene rings is 2. The van der Waals surface area contributed by atoms with Gasteiger partial charge in [0.1, 0.15) is 5.82 Å². The second kappa shape index (κ2) is 7.25. The van der Waals surface area contributed by atoms with Crippen LogP contribution >= 0.6 is 0 Å². The Morgan fingerprint density at radius 3 is 2.70 bits per heavy atom. The number of aliphatic carboxylic acids is 1. The fraction of sp³-hybridized carbons (Fsp3) is 0.0455. The minimum atomic E-state index is -0.990. The summed E-state index contributed by atoms with van der Waals surface area (Å²) in [5, 5.41) is 11.3. The lowest BCUT2D eigenvalue weighted by molar-refractivity contribution is -0.131. The first-order chi connectivity index (χ1) is 13.2. The van der Waals surface area contributed by atoms with Crippen molar-refractivity contribution in [1.82, 2.24) is 14.5 Å². The molecule has 0 saturated heterocycles. The van der Waals surface area contributed by atoms with Gasteiger partial charge in [-0.05, 0) is 34.5 Å². The third-order valence-electron chi connectivity index (χ3n) is 4.41. The maximum atomic E-state index is 11.0. The zero-order chi connectivity index (χ0) is 18.6. The minimum Gasteiger partial charge on any atom is -0.478 e. The molecule has 0 amide bonds. The van der Waals surface area contributed by atoms with Gasteiger partial charge in [-0.25, -0.2) is 9.78 Å². The summed E-state index contributed by atoms with van der Waals surface area (Å²) in [6.45, 7) is 0.574. The van der Waals surface area contributed by atoms with Crippen LogP contribution in [0.25, 0.3) is 28.2 Å². The molecule has 5 nitrogen and oxygen atoms in total. The monoisotopic (exact) mass is 355 g/mol. The molecule has 132 valence electrons. The number of imidazole rings is 1. The SMILES string of the molecule is O=C(O)C=Cc1cnc(-c2cccnc2)n1Cc1cccc2ccccc12. The molecule has 0 saturated carbocycles. The Labute approximate surface area is 156 Å². The van der Waals surface area contributed by atoms with Gasteiger partial charge in [0.25, 0.3) is 0 Å². The number of nitrogens with zero attached hydrogens (tertiary/aromatic N) is 3. The molecule has 27 heavy (non-hydrogen) atoms. The summed E-state index contributed by atoms with van der Waals surface area (Å²) in [5.41, 5.74) is 2.75. The normalized spacial score (nSPS) is 11.3. The average Bonchev–Trinajstić information content (AvgIpc) is 3.10. The van der Waals surface area contributed by atoms with E-state index in [1.54, 1.807) is 24.7 Å². The molecule has 0 spiro atoms. The first-order valence-corrected chi connectivity index (χ1v) is 8.56. The summed E-state index contributed by atoms with van der Waals surface area (Å²) >= 11 is 0. The van der Waals surface area contributed by atoms with E-state index in [0.29, 0.717) is 6.54 Å². The smallest absolute Gasteiger partial charge is 0.328 e. The van der Waals surface area contributed by atoms with E-state index in [1.807, 2.05) is 34.9 Å². The molecule has 1 N–H and O–H groups in total. The molecule has 2 heterocycles. The second-order valence-corrected chi connectivity index (χ2v) is 6.14. The molecule has 4 aromatic rings. The molecule has 0 atom stereocenters. The summed E-state index contributed by atoms with van der Waals surface area (Å²) in [6.07, 6.45) is 7.86. The Hall–Kier alpha value is -3.73. The van der Waals surface area contributed by atoms with Crippen LogP contribution in [0.4, 0.5) is 0 Å². The quantitative estimate of drug-likeness (QED) is 0.544. The van der Waals surface area contributed by atoms with E-state index in [9.17, 15) is 4.79 Å². The van der Waals surface area contributed by atoms with Gasteiger partial charge in [0, 0.05) is 24.0 Å². The lowest BCUT2D eigenvalue weighted by Gasteiger charge is -2.13. The van der Waals surface area contributed by atoms with Crippen molar-refractivity contribution in [2.45, 2.75) is 6.54 Å². The number of hydrogen-bond donors (Lipinski definition) is 1. The van der Waals surface area contributed by atoms with Gasteiger partial charge in [0.2, 0.25) is 0 Å². The van der Waals surface area contributed by atoms with Crippen molar-refractivity contribution < 1.29 is 9.90 Å². The highest BCUT2D eigenvalue weighted by Gasteiger charge is 2.12. The van der Waals surface area contributed by atoms with Gasteiger partial charge >= 0.3 is 5.97 Å². The number of aromatic nitrogens is 3. The molecule has 0 bridgehead atoms. The van der Waals surface area contributed by atoms with Gasteiger partial charge in [0.05, 0.1) is 18.4 Å². The van der Waals surface area contributed by atoms with E-state index in [2.05, 4.69) is 34.2 Å². The van der Waals surface area contributed by atoms with E-state index in [0.717, 1.165) is 28.7 Å². The van der Waals surface area contributed by atoms with E-state index >= 15 is 0 Å². The Morgan fingerprint density at radius 1 is 1.04 bits per heavy atom. The number of hydrogen-bond acceptors (Lipinski definition) is 3. The number of fused-ring (bicyclic) bond motifs is 1. The standard InChI is InChI=1S/C22H17N3O2/c26-21(27)11-10-19-14-24-22(17-8-4-12-23-13-17)25(19)15-18-7-3-6-16-5-1-2-9-20(16)18/h1-14H,15H2,(H,26,27). The second-order valence-electron chi connectivity index (χ2n) is 6.14. The summed E-state index contributed by atoms with van der Waals surface area (Å²) in [7, 11) is 0. The predicted molar refractivity (Wildman–Crippen MR) is 105 cm³/mol. The van der Waals surface area contributed by atoms with Crippen molar-refractivity contribution in [3.05, 3.63) is 90.5 Å². The molecule has 0 fully saturated rings. The van der Waals surface area contributed by atoms with Crippen LogP contribution in [0.2, 0.25) is 0 Å². The molecule has 0 radical (unpaired) electrons. The summed E-state index contributed by atoms with van der Waals surface area (Å²) in [6, 6.07) is 18.2. The van der Waals surface area contributed by atoms with Crippen molar-refractivity contribution >= 4 is 22.8 Å². The Morgan fingerprint density at radius 2 is 1.89 bits per heavy atom. The van der Waals surface area contributed by atoms with E-state index < -0.39 is 5.97 Å². The van der Waals surface area contributed by atoms with Crippen molar-refractivity contribution in [3.8, 4) is 11.4 Å². The number of pyridine rings is 1. The molecule has 4 rings (SSSR count). The van der Waals surface area contributed by atoms with Gasteiger partial charge in [-0.3, -0.25) is 4.98 Å². The zero-order valence-corrected chi connectivity index (χ0v) is 14.5. The lowest BCUT2D eigenvalue weighted by Crippen LogP contribution is -2.05. The third-order valence-corrected chi connectivity index (χ3v) is 4.41. The molecule has 5 heteroatoms. The van der Waals surface area contributed by atoms with E-state index in [1.165, 1.54) is 10.8 Å². The van der Waals surface area contributed by atoms with Gasteiger partial charge in [0.15, 0.2) is 0 Å².